The molecule has 0 aromatic heterocycles. The summed E-state index contributed by atoms with van der Waals surface area (Å²) in [4.78, 5) is 12.3. The molecule has 0 bridgehead atoms. The Morgan fingerprint density at radius 3 is 2.12 bits per heavy atom. The highest BCUT2D eigenvalue weighted by atomic mass is 16.5. The Morgan fingerprint density at radius 1 is 0.920 bits per heavy atom. The molecular weight excluding hydrogens is 322 g/mol. The van der Waals surface area contributed by atoms with Gasteiger partial charge in [0.2, 0.25) is 0 Å². The molecule has 134 valence electrons. The number of rotatable bonds is 8. The van der Waals surface area contributed by atoms with Crippen LogP contribution in [0.5, 0.6) is 23.0 Å². The van der Waals surface area contributed by atoms with Gasteiger partial charge in [-0.3, -0.25) is 4.79 Å². The monoisotopic (exact) mass is 345 g/mol. The fraction of sp³-hybridized carbons (Fsp3) is 0.316. The number of hydrogen-bond donors (Lipinski definition) is 1. The summed E-state index contributed by atoms with van der Waals surface area (Å²) in [5, 5.41) is 2.84. The Balaban J connectivity index is 1.94. The molecule has 0 radical (unpaired) electrons. The number of carbonyl (C=O) groups excluding carboxylic acids is 1. The second kappa shape index (κ2) is 8.82. The van der Waals surface area contributed by atoms with Gasteiger partial charge in [-0.2, -0.15) is 0 Å². The minimum atomic E-state index is -0.634. The van der Waals surface area contributed by atoms with Crippen LogP contribution < -0.4 is 24.3 Å². The smallest absolute Gasteiger partial charge is 0.261 e. The maximum Gasteiger partial charge on any atom is 0.261 e. The first kappa shape index (κ1) is 18.4. The van der Waals surface area contributed by atoms with Crippen LogP contribution in [0, 0.1) is 0 Å². The number of hydrogen-bond acceptors (Lipinski definition) is 5. The molecule has 1 atom stereocenters. The molecule has 0 saturated carbocycles. The van der Waals surface area contributed by atoms with Crippen LogP contribution in [0.25, 0.3) is 0 Å². The third kappa shape index (κ3) is 5.04. The molecule has 6 heteroatoms. The standard InChI is InChI=1S/C19H23NO5/c1-13(25-16-7-5-15(22-2)6-8-16)19(21)20-12-14-11-17(23-3)9-10-18(14)24-4/h5-11,13H,12H2,1-4H3,(H,20,21). The molecule has 0 fully saturated rings. The van der Waals surface area contributed by atoms with Crippen molar-refractivity contribution >= 4 is 5.91 Å². The fourth-order valence-corrected chi connectivity index (χ4v) is 2.26. The highest BCUT2D eigenvalue weighted by Crippen LogP contribution is 2.24. The molecule has 25 heavy (non-hydrogen) atoms. The van der Waals surface area contributed by atoms with E-state index in [1.54, 1.807) is 64.7 Å². The highest BCUT2D eigenvalue weighted by Gasteiger charge is 2.15. The molecule has 1 amide bonds. The minimum absolute atomic E-state index is 0.222. The van der Waals surface area contributed by atoms with E-state index in [4.69, 9.17) is 18.9 Å². The summed E-state index contributed by atoms with van der Waals surface area (Å²) in [6, 6.07) is 12.5. The van der Waals surface area contributed by atoms with Crippen molar-refractivity contribution in [2.75, 3.05) is 21.3 Å². The molecule has 0 aliphatic rings. The number of amides is 1. The first-order valence-corrected chi connectivity index (χ1v) is 7.86. The van der Waals surface area contributed by atoms with Crippen LogP contribution in [0.3, 0.4) is 0 Å². The van der Waals surface area contributed by atoms with E-state index in [1.807, 2.05) is 6.07 Å². The van der Waals surface area contributed by atoms with E-state index in [-0.39, 0.29) is 5.91 Å². The molecule has 0 aliphatic carbocycles. The second-order valence-electron chi connectivity index (χ2n) is 5.33. The topological polar surface area (TPSA) is 66.0 Å². The van der Waals surface area contributed by atoms with Gasteiger partial charge in [0, 0.05) is 12.1 Å². The van der Waals surface area contributed by atoms with Crippen LogP contribution >= 0.6 is 0 Å². The van der Waals surface area contributed by atoms with Crippen molar-refractivity contribution in [1.82, 2.24) is 5.32 Å². The number of benzene rings is 2. The fourth-order valence-electron chi connectivity index (χ4n) is 2.26. The number of ether oxygens (including phenoxy) is 4. The summed E-state index contributed by atoms with van der Waals surface area (Å²) >= 11 is 0. The van der Waals surface area contributed by atoms with Gasteiger partial charge < -0.3 is 24.3 Å². The molecule has 6 nitrogen and oxygen atoms in total. The maximum absolute atomic E-state index is 12.3. The molecule has 2 aromatic carbocycles. The van der Waals surface area contributed by atoms with Gasteiger partial charge in [-0.25, -0.2) is 0 Å². The molecular formula is C19H23NO5. The average molecular weight is 345 g/mol. The van der Waals surface area contributed by atoms with E-state index in [0.29, 0.717) is 23.8 Å². The molecule has 2 aromatic rings. The minimum Gasteiger partial charge on any atom is -0.497 e. The number of carbonyl (C=O) groups is 1. The number of nitrogens with one attached hydrogen (secondary N) is 1. The summed E-state index contributed by atoms with van der Waals surface area (Å²) in [5.74, 6) is 2.50. The molecule has 1 N–H and O–H groups in total. The van der Waals surface area contributed by atoms with E-state index in [9.17, 15) is 4.79 Å². The van der Waals surface area contributed by atoms with Crippen molar-refractivity contribution in [1.29, 1.82) is 0 Å². The van der Waals surface area contributed by atoms with Crippen molar-refractivity contribution < 1.29 is 23.7 Å². The van der Waals surface area contributed by atoms with E-state index in [1.165, 1.54) is 0 Å². The van der Waals surface area contributed by atoms with Gasteiger partial charge in [0.1, 0.15) is 23.0 Å². The Morgan fingerprint density at radius 2 is 1.52 bits per heavy atom. The van der Waals surface area contributed by atoms with Crippen LogP contribution in [0.4, 0.5) is 0 Å². The largest absolute Gasteiger partial charge is 0.497 e. The Labute approximate surface area is 147 Å². The van der Waals surface area contributed by atoms with Crippen molar-refractivity contribution in [2.45, 2.75) is 19.6 Å². The quantitative estimate of drug-likeness (QED) is 0.797. The van der Waals surface area contributed by atoms with E-state index < -0.39 is 6.10 Å². The predicted molar refractivity (Wildman–Crippen MR) is 94.5 cm³/mol. The Kier molecular flexibility index (Phi) is 6.51. The normalized spacial score (nSPS) is 11.4. The summed E-state index contributed by atoms with van der Waals surface area (Å²) in [6.45, 7) is 2.01. The molecule has 0 aliphatic heterocycles. The lowest BCUT2D eigenvalue weighted by molar-refractivity contribution is -0.127. The second-order valence-corrected chi connectivity index (χ2v) is 5.33. The summed E-state index contributed by atoms with van der Waals surface area (Å²) in [5.41, 5.74) is 0.826. The zero-order chi connectivity index (χ0) is 18.2. The van der Waals surface area contributed by atoms with Crippen molar-refractivity contribution in [3.8, 4) is 23.0 Å². The van der Waals surface area contributed by atoms with Gasteiger partial charge >= 0.3 is 0 Å². The van der Waals surface area contributed by atoms with Crippen LogP contribution in [0.1, 0.15) is 12.5 Å². The average Bonchev–Trinajstić information content (AvgIpc) is 2.66. The van der Waals surface area contributed by atoms with Gasteiger partial charge in [-0.1, -0.05) is 0 Å². The lowest BCUT2D eigenvalue weighted by Gasteiger charge is -2.16. The molecule has 0 heterocycles. The maximum atomic E-state index is 12.3. The Bertz CT molecular complexity index is 699. The molecule has 0 saturated heterocycles. The van der Waals surface area contributed by atoms with Gasteiger partial charge in [-0.15, -0.1) is 0 Å². The third-order valence-electron chi connectivity index (χ3n) is 3.68. The van der Waals surface area contributed by atoms with E-state index in [2.05, 4.69) is 5.32 Å². The van der Waals surface area contributed by atoms with Crippen LogP contribution in [0.2, 0.25) is 0 Å². The van der Waals surface area contributed by atoms with Gasteiger partial charge in [0.25, 0.3) is 5.91 Å². The predicted octanol–water partition coefficient (Wildman–Crippen LogP) is 2.80. The van der Waals surface area contributed by atoms with Gasteiger partial charge in [0.15, 0.2) is 6.10 Å². The third-order valence-corrected chi connectivity index (χ3v) is 3.68. The lowest BCUT2D eigenvalue weighted by atomic mass is 10.2. The van der Waals surface area contributed by atoms with Crippen LogP contribution in [0.15, 0.2) is 42.5 Å². The van der Waals surface area contributed by atoms with Gasteiger partial charge in [-0.05, 0) is 49.4 Å². The first-order chi connectivity index (χ1) is 12.1. The highest BCUT2D eigenvalue weighted by molar-refractivity contribution is 5.80. The van der Waals surface area contributed by atoms with Crippen LogP contribution in [-0.4, -0.2) is 33.3 Å². The molecule has 2 rings (SSSR count). The zero-order valence-electron chi connectivity index (χ0n) is 14.9. The summed E-state index contributed by atoms with van der Waals surface area (Å²) in [7, 11) is 4.77. The van der Waals surface area contributed by atoms with Crippen molar-refractivity contribution in [3.63, 3.8) is 0 Å². The van der Waals surface area contributed by atoms with E-state index >= 15 is 0 Å². The Hall–Kier alpha value is -2.89. The van der Waals surface area contributed by atoms with Gasteiger partial charge in [0.05, 0.1) is 21.3 Å². The molecule has 1 unspecified atom stereocenters. The lowest BCUT2D eigenvalue weighted by Crippen LogP contribution is -2.36. The first-order valence-electron chi connectivity index (χ1n) is 7.86. The zero-order valence-corrected chi connectivity index (χ0v) is 14.9. The van der Waals surface area contributed by atoms with Crippen LogP contribution in [-0.2, 0) is 11.3 Å². The number of methoxy groups -OCH3 is 3. The molecule has 0 spiro atoms. The summed E-state index contributed by atoms with van der Waals surface area (Å²) in [6.07, 6.45) is -0.634. The summed E-state index contributed by atoms with van der Waals surface area (Å²) < 4.78 is 21.2. The van der Waals surface area contributed by atoms with E-state index in [0.717, 1.165) is 11.3 Å². The van der Waals surface area contributed by atoms with Crippen molar-refractivity contribution in [3.05, 3.63) is 48.0 Å². The SMILES string of the molecule is COc1ccc(OC(C)C(=O)NCc2cc(OC)ccc2OC)cc1. The van der Waals surface area contributed by atoms with Crippen molar-refractivity contribution in [2.24, 2.45) is 0 Å².